The van der Waals surface area contributed by atoms with Gasteiger partial charge in [0.15, 0.2) is 6.29 Å². The van der Waals surface area contributed by atoms with Crippen molar-refractivity contribution in [1.29, 1.82) is 0 Å². The Labute approximate surface area is 78.6 Å². The molecule has 2 heteroatoms. The molecule has 1 aliphatic rings. The molecule has 1 aromatic heterocycles. The fourth-order valence-corrected chi connectivity index (χ4v) is 1.84. The van der Waals surface area contributed by atoms with Gasteiger partial charge in [0, 0.05) is 12.7 Å². The van der Waals surface area contributed by atoms with E-state index in [1.807, 2.05) is 18.3 Å². The Bertz CT molecular complexity index is 310. The summed E-state index contributed by atoms with van der Waals surface area (Å²) in [4.78, 5) is 10.7. The number of carbonyl (C=O) groups excluding carboxylic acids is 1. The van der Waals surface area contributed by atoms with Crippen LogP contribution in [0.2, 0.25) is 0 Å². The predicted molar refractivity (Wildman–Crippen MR) is 51.8 cm³/mol. The lowest BCUT2D eigenvalue weighted by molar-refractivity contribution is 0.111. The summed E-state index contributed by atoms with van der Waals surface area (Å²) in [6.45, 7) is 3.25. The summed E-state index contributed by atoms with van der Waals surface area (Å²) < 4.78 is 2.07. The lowest BCUT2D eigenvalue weighted by atomic mass is 10.0. The monoisotopic (exact) mass is 177 g/mol. The molecule has 0 radical (unpaired) electrons. The Kier molecular flexibility index (Phi) is 1.98. The van der Waals surface area contributed by atoms with E-state index in [0.29, 0.717) is 5.41 Å². The van der Waals surface area contributed by atoms with Gasteiger partial charge in [-0.05, 0) is 36.8 Å². The van der Waals surface area contributed by atoms with E-state index in [0.717, 1.165) is 18.5 Å². The maximum absolute atomic E-state index is 10.7. The van der Waals surface area contributed by atoms with Crippen LogP contribution in [-0.4, -0.2) is 10.9 Å². The second-order valence-corrected chi connectivity index (χ2v) is 4.03. The van der Waals surface area contributed by atoms with Gasteiger partial charge >= 0.3 is 0 Å². The van der Waals surface area contributed by atoms with Crippen molar-refractivity contribution < 1.29 is 4.79 Å². The SMILES string of the molecule is CCC1(Cn2cccc2C=O)CC1. The Balaban J connectivity index is 2.13. The number of nitrogens with zero attached hydrogens (tertiary/aromatic N) is 1. The quantitative estimate of drug-likeness (QED) is 0.648. The number of aldehydes is 1. The van der Waals surface area contributed by atoms with Crippen LogP contribution in [0.1, 0.15) is 36.7 Å². The van der Waals surface area contributed by atoms with E-state index in [1.54, 1.807) is 0 Å². The van der Waals surface area contributed by atoms with E-state index < -0.39 is 0 Å². The van der Waals surface area contributed by atoms with Crippen molar-refractivity contribution in [1.82, 2.24) is 4.57 Å². The van der Waals surface area contributed by atoms with Crippen LogP contribution < -0.4 is 0 Å². The van der Waals surface area contributed by atoms with Gasteiger partial charge in [-0.15, -0.1) is 0 Å². The first kappa shape index (κ1) is 8.54. The molecule has 0 unspecified atom stereocenters. The zero-order valence-corrected chi connectivity index (χ0v) is 7.99. The van der Waals surface area contributed by atoms with E-state index in [-0.39, 0.29) is 0 Å². The molecule has 1 aromatic rings. The van der Waals surface area contributed by atoms with Gasteiger partial charge in [-0.2, -0.15) is 0 Å². The molecule has 13 heavy (non-hydrogen) atoms. The molecule has 0 aliphatic heterocycles. The van der Waals surface area contributed by atoms with Crippen molar-refractivity contribution >= 4 is 6.29 Å². The molecule has 0 spiro atoms. The Hall–Kier alpha value is -1.05. The van der Waals surface area contributed by atoms with Crippen molar-refractivity contribution in [3.8, 4) is 0 Å². The van der Waals surface area contributed by atoms with Crippen molar-refractivity contribution in [3.05, 3.63) is 24.0 Å². The summed E-state index contributed by atoms with van der Waals surface area (Å²) in [7, 11) is 0. The van der Waals surface area contributed by atoms with E-state index in [2.05, 4.69) is 11.5 Å². The molecule has 0 saturated heterocycles. The molecule has 1 fully saturated rings. The van der Waals surface area contributed by atoms with E-state index in [9.17, 15) is 4.79 Å². The van der Waals surface area contributed by atoms with Gasteiger partial charge in [0.2, 0.25) is 0 Å². The van der Waals surface area contributed by atoms with Crippen LogP contribution in [0.25, 0.3) is 0 Å². The molecule has 1 heterocycles. The lowest BCUT2D eigenvalue weighted by Crippen LogP contribution is -2.11. The Morgan fingerprint density at radius 1 is 1.62 bits per heavy atom. The number of hydrogen-bond donors (Lipinski definition) is 0. The maximum Gasteiger partial charge on any atom is 0.166 e. The van der Waals surface area contributed by atoms with Crippen LogP contribution in [0.4, 0.5) is 0 Å². The van der Waals surface area contributed by atoms with Gasteiger partial charge in [-0.3, -0.25) is 4.79 Å². The Morgan fingerprint density at radius 2 is 2.38 bits per heavy atom. The fraction of sp³-hybridized carbons (Fsp3) is 0.545. The highest BCUT2D eigenvalue weighted by atomic mass is 16.1. The van der Waals surface area contributed by atoms with Crippen molar-refractivity contribution in [2.24, 2.45) is 5.41 Å². The topological polar surface area (TPSA) is 22.0 Å². The molecular weight excluding hydrogens is 162 g/mol. The first-order valence-electron chi connectivity index (χ1n) is 4.90. The van der Waals surface area contributed by atoms with Gasteiger partial charge in [-0.1, -0.05) is 6.92 Å². The van der Waals surface area contributed by atoms with Gasteiger partial charge in [0.05, 0.1) is 5.69 Å². The largest absolute Gasteiger partial charge is 0.345 e. The minimum atomic E-state index is 0.511. The average Bonchev–Trinajstić information content (AvgIpc) is 2.78. The van der Waals surface area contributed by atoms with Crippen LogP contribution in [0.5, 0.6) is 0 Å². The molecule has 0 amide bonds. The van der Waals surface area contributed by atoms with Gasteiger partial charge < -0.3 is 4.57 Å². The molecule has 0 atom stereocenters. The van der Waals surface area contributed by atoms with E-state index in [4.69, 9.17) is 0 Å². The third-order valence-electron chi connectivity index (χ3n) is 3.20. The second kappa shape index (κ2) is 3.02. The third kappa shape index (κ3) is 1.53. The molecular formula is C11H15NO. The second-order valence-electron chi connectivity index (χ2n) is 4.03. The molecule has 70 valence electrons. The zero-order chi connectivity index (χ0) is 9.31. The third-order valence-corrected chi connectivity index (χ3v) is 3.20. The minimum Gasteiger partial charge on any atom is -0.345 e. The summed E-state index contributed by atoms with van der Waals surface area (Å²) in [5.74, 6) is 0. The Morgan fingerprint density at radius 3 is 2.92 bits per heavy atom. The van der Waals surface area contributed by atoms with Crippen molar-refractivity contribution in [2.45, 2.75) is 32.7 Å². The highest BCUT2D eigenvalue weighted by Crippen LogP contribution is 2.50. The minimum absolute atomic E-state index is 0.511. The number of rotatable bonds is 4. The van der Waals surface area contributed by atoms with Gasteiger partial charge in [-0.25, -0.2) is 0 Å². The molecule has 2 nitrogen and oxygen atoms in total. The van der Waals surface area contributed by atoms with Crippen LogP contribution in [0.3, 0.4) is 0 Å². The molecule has 2 rings (SSSR count). The molecule has 1 aliphatic carbocycles. The number of hydrogen-bond acceptors (Lipinski definition) is 1. The predicted octanol–water partition coefficient (Wildman–Crippen LogP) is 2.49. The van der Waals surface area contributed by atoms with E-state index in [1.165, 1.54) is 19.3 Å². The smallest absolute Gasteiger partial charge is 0.166 e. The highest BCUT2D eigenvalue weighted by Gasteiger charge is 2.40. The highest BCUT2D eigenvalue weighted by molar-refractivity contribution is 5.72. The first-order valence-corrected chi connectivity index (χ1v) is 4.90. The van der Waals surface area contributed by atoms with E-state index >= 15 is 0 Å². The van der Waals surface area contributed by atoms with Crippen molar-refractivity contribution in [2.75, 3.05) is 0 Å². The van der Waals surface area contributed by atoms with Crippen LogP contribution in [0.15, 0.2) is 18.3 Å². The summed E-state index contributed by atoms with van der Waals surface area (Å²) in [6.07, 6.45) is 6.80. The van der Waals surface area contributed by atoms with Crippen LogP contribution in [-0.2, 0) is 6.54 Å². The first-order chi connectivity index (χ1) is 6.29. The molecule has 0 N–H and O–H groups in total. The van der Waals surface area contributed by atoms with Crippen LogP contribution in [0, 0.1) is 5.41 Å². The molecule has 1 saturated carbocycles. The zero-order valence-electron chi connectivity index (χ0n) is 7.99. The maximum atomic E-state index is 10.7. The summed E-state index contributed by atoms with van der Waals surface area (Å²) in [5.41, 5.74) is 1.32. The van der Waals surface area contributed by atoms with Crippen LogP contribution >= 0.6 is 0 Å². The fourth-order valence-electron chi connectivity index (χ4n) is 1.84. The number of carbonyl (C=O) groups is 1. The van der Waals surface area contributed by atoms with Gasteiger partial charge in [0.25, 0.3) is 0 Å². The summed E-state index contributed by atoms with van der Waals surface area (Å²) in [5, 5.41) is 0. The van der Waals surface area contributed by atoms with Gasteiger partial charge in [0.1, 0.15) is 0 Å². The van der Waals surface area contributed by atoms with Crippen molar-refractivity contribution in [3.63, 3.8) is 0 Å². The summed E-state index contributed by atoms with van der Waals surface area (Å²) >= 11 is 0. The standard InChI is InChI=1S/C11H15NO/c1-2-11(5-6-11)9-12-7-3-4-10(12)8-13/h3-4,7-8H,2,5-6,9H2,1H3. The average molecular weight is 177 g/mol. The molecule has 0 bridgehead atoms. The normalized spacial score (nSPS) is 18.5. The summed E-state index contributed by atoms with van der Waals surface area (Å²) in [6, 6.07) is 3.81. The number of aromatic nitrogens is 1. The lowest BCUT2D eigenvalue weighted by Gasteiger charge is -2.14. The molecule has 0 aromatic carbocycles.